The van der Waals surface area contributed by atoms with Gasteiger partial charge in [0, 0.05) is 23.5 Å². The number of fused-ring (bicyclic) bond motifs is 1. The van der Waals surface area contributed by atoms with E-state index in [9.17, 15) is 23.6 Å². The van der Waals surface area contributed by atoms with Crippen LogP contribution in [-0.4, -0.2) is 58.1 Å². The Morgan fingerprint density at radius 2 is 1.93 bits per heavy atom. The zero-order valence-electron chi connectivity index (χ0n) is 24.4. The highest BCUT2D eigenvalue weighted by Crippen LogP contribution is 2.40. The largest absolute Gasteiger partial charge is 0.432 e. The number of nitrogens with two attached hydrogens (primary N) is 1. The molecule has 0 saturated carbocycles. The van der Waals surface area contributed by atoms with E-state index in [-0.39, 0.29) is 52.9 Å². The van der Waals surface area contributed by atoms with Gasteiger partial charge in [0.15, 0.2) is 14.0 Å². The van der Waals surface area contributed by atoms with Gasteiger partial charge >= 0.3 is 0 Å². The molecule has 3 aromatic rings. The average Bonchev–Trinajstić information content (AvgIpc) is 3.23. The van der Waals surface area contributed by atoms with Crippen molar-refractivity contribution in [1.29, 1.82) is 0 Å². The summed E-state index contributed by atoms with van der Waals surface area (Å²) < 4.78 is 15.7. The predicted octanol–water partition coefficient (Wildman–Crippen LogP) is 4.53. The Morgan fingerprint density at radius 3 is 2.56 bits per heavy atom. The van der Waals surface area contributed by atoms with Crippen molar-refractivity contribution in [2.24, 2.45) is 5.73 Å². The van der Waals surface area contributed by atoms with Crippen LogP contribution >= 0.6 is 11.6 Å². The molecule has 41 heavy (non-hydrogen) atoms. The number of nitrogens with one attached hydrogen (secondary N) is 1. The number of hydrogen-bond acceptors (Lipinski definition) is 5. The summed E-state index contributed by atoms with van der Waals surface area (Å²) in [5.41, 5.74) is 7.32. The molecule has 4 N–H and O–H groups in total. The number of amides is 3. The van der Waals surface area contributed by atoms with E-state index >= 15 is 0 Å². The van der Waals surface area contributed by atoms with Gasteiger partial charge in [0.2, 0.25) is 11.8 Å². The predicted molar refractivity (Wildman–Crippen MR) is 160 cm³/mol. The van der Waals surface area contributed by atoms with Crippen molar-refractivity contribution < 1.29 is 23.6 Å². The Bertz CT molecular complexity index is 1450. The molecular formula is C29H39ClFN5O4Si. The molecule has 0 radical (unpaired) electrons. The summed E-state index contributed by atoms with van der Waals surface area (Å²) in [5.74, 6) is -2.18. The Kier molecular flexibility index (Phi) is 9.99. The highest BCUT2D eigenvalue weighted by molar-refractivity contribution is 6.72. The molecule has 0 saturated heterocycles. The Balaban J connectivity index is 1.85. The molecule has 0 unspecified atom stereocenters. The standard InChI is InChI=1S/C29H39ClFN5O4Si/c1-18-10-11-23-21(14-18)27(28(32)39)34-36(23)17-25(38)35(19(2)12-13-29(3,4)41(5,6)40)16-24(37)33-15-20-8-7-9-22(30)26(20)31/h7-11,14,19,40H,12-13,15-17H2,1-6H3,(H2,32,39)(H,33,37)/t19-/m1/s1. The number of rotatable bonds is 12. The molecule has 1 heterocycles. The van der Waals surface area contributed by atoms with Gasteiger partial charge in [-0.05, 0) is 63.0 Å². The second-order valence-corrected chi connectivity index (χ2v) is 16.6. The molecule has 2 aromatic carbocycles. The third-order valence-corrected chi connectivity index (χ3v) is 11.8. The molecule has 0 fully saturated rings. The SMILES string of the molecule is Cc1ccc2c(c1)c(C(N)=O)nn2CC(=O)N(CC(=O)NCc1cccc(Cl)c1F)[C@H](C)CCC(C)(C)[Si](C)(C)O. The minimum atomic E-state index is -2.50. The van der Waals surface area contributed by atoms with Gasteiger partial charge in [0.05, 0.1) is 17.1 Å². The van der Waals surface area contributed by atoms with Crippen molar-refractivity contribution in [3.8, 4) is 0 Å². The number of carbonyl (C=O) groups is 3. The van der Waals surface area contributed by atoms with Crippen molar-refractivity contribution in [3.05, 3.63) is 64.1 Å². The second kappa shape index (κ2) is 12.7. The molecule has 1 aromatic heterocycles. The Labute approximate surface area is 246 Å². The van der Waals surface area contributed by atoms with Crippen LogP contribution in [-0.2, 0) is 22.7 Å². The van der Waals surface area contributed by atoms with E-state index in [0.29, 0.717) is 23.7 Å². The fraction of sp³-hybridized carbons (Fsp3) is 0.448. The van der Waals surface area contributed by atoms with Gasteiger partial charge in [0.25, 0.3) is 5.91 Å². The van der Waals surface area contributed by atoms with Gasteiger partial charge in [-0.15, -0.1) is 0 Å². The second-order valence-electron chi connectivity index (χ2n) is 11.7. The average molecular weight is 604 g/mol. The fourth-order valence-corrected chi connectivity index (χ4v) is 5.38. The Morgan fingerprint density at radius 1 is 1.24 bits per heavy atom. The molecule has 1 atom stereocenters. The molecule has 3 amide bonds. The van der Waals surface area contributed by atoms with Gasteiger partial charge in [-0.25, -0.2) is 4.39 Å². The summed E-state index contributed by atoms with van der Waals surface area (Å²) in [7, 11) is -2.50. The fourth-order valence-electron chi connectivity index (χ4n) is 4.43. The molecule has 3 rings (SSSR count). The first-order valence-electron chi connectivity index (χ1n) is 13.5. The lowest BCUT2D eigenvalue weighted by Gasteiger charge is -2.37. The third kappa shape index (κ3) is 7.72. The maximum absolute atomic E-state index is 14.3. The van der Waals surface area contributed by atoms with Crippen molar-refractivity contribution in [2.45, 2.75) is 77.8 Å². The topological polar surface area (TPSA) is 131 Å². The molecular weight excluding hydrogens is 565 g/mol. The first-order chi connectivity index (χ1) is 19.0. The normalized spacial score (nSPS) is 12.8. The summed E-state index contributed by atoms with van der Waals surface area (Å²) in [6.45, 7) is 10.9. The van der Waals surface area contributed by atoms with E-state index in [4.69, 9.17) is 17.3 Å². The number of aryl methyl sites for hydroxylation is 1. The summed E-state index contributed by atoms with van der Waals surface area (Å²) in [6, 6.07) is 9.58. The quantitative estimate of drug-likeness (QED) is 0.262. The van der Waals surface area contributed by atoms with Crippen LogP contribution in [0.4, 0.5) is 4.39 Å². The molecule has 0 aliphatic heterocycles. The van der Waals surface area contributed by atoms with Crippen LogP contribution in [0.1, 0.15) is 55.2 Å². The number of aromatic nitrogens is 2. The first kappa shape index (κ1) is 32.2. The van der Waals surface area contributed by atoms with Crippen molar-refractivity contribution in [3.63, 3.8) is 0 Å². The molecule has 0 aliphatic carbocycles. The van der Waals surface area contributed by atoms with Crippen LogP contribution in [0.15, 0.2) is 36.4 Å². The molecule has 9 nitrogen and oxygen atoms in total. The lowest BCUT2D eigenvalue weighted by molar-refractivity contribution is -0.139. The van der Waals surface area contributed by atoms with E-state index in [1.54, 1.807) is 18.2 Å². The molecule has 222 valence electrons. The van der Waals surface area contributed by atoms with E-state index < -0.39 is 25.9 Å². The number of benzene rings is 2. The number of hydrogen-bond donors (Lipinski definition) is 3. The lowest BCUT2D eigenvalue weighted by Crippen LogP contribution is -2.47. The van der Waals surface area contributed by atoms with Crippen LogP contribution in [0, 0.1) is 12.7 Å². The van der Waals surface area contributed by atoms with Gasteiger partial charge in [-0.1, -0.05) is 49.2 Å². The smallest absolute Gasteiger partial charge is 0.269 e. The Hall–Kier alpha value is -3.28. The maximum Gasteiger partial charge on any atom is 0.269 e. The molecule has 0 bridgehead atoms. The van der Waals surface area contributed by atoms with Crippen LogP contribution in [0.25, 0.3) is 10.9 Å². The van der Waals surface area contributed by atoms with E-state index in [1.807, 2.05) is 46.9 Å². The monoisotopic (exact) mass is 603 g/mol. The van der Waals surface area contributed by atoms with Crippen LogP contribution in [0.2, 0.25) is 23.2 Å². The molecule has 12 heteroatoms. The van der Waals surface area contributed by atoms with Crippen LogP contribution in [0.5, 0.6) is 0 Å². The highest BCUT2D eigenvalue weighted by atomic mass is 35.5. The van der Waals surface area contributed by atoms with Gasteiger partial charge in [-0.3, -0.25) is 19.1 Å². The molecule has 0 aliphatic rings. The molecule has 0 spiro atoms. The maximum atomic E-state index is 14.3. The third-order valence-electron chi connectivity index (χ3n) is 7.94. The minimum absolute atomic E-state index is 0.0443. The van der Waals surface area contributed by atoms with Crippen LogP contribution in [0.3, 0.4) is 0 Å². The zero-order valence-corrected chi connectivity index (χ0v) is 26.2. The first-order valence-corrected chi connectivity index (χ1v) is 16.8. The number of nitrogens with zero attached hydrogens (tertiary/aromatic N) is 3. The van der Waals surface area contributed by atoms with Gasteiger partial charge in [-0.2, -0.15) is 5.10 Å². The highest BCUT2D eigenvalue weighted by Gasteiger charge is 2.38. The van der Waals surface area contributed by atoms with Gasteiger partial charge in [0.1, 0.15) is 12.4 Å². The summed E-state index contributed by atoms with van der Waals surface area (Å²) in [5, 5.41) is 7.16. The number of halogens is 2. The zero-order chi connectivity index (χ0) is 30.7. The van der Waals surface area contributed by atoms with Crippen molar-refractivity contribution >= 4 is 48.5 Å². The van der Waals surface area contributed by atoms with E-state index in [2.05, 4.69) is 10.4 Å². The summed E-state index contributed by atoms with van der Waals surface area (Å²) in [4.78, 5) is 51.0. The van der Waals surface area contributed by atoms with Crippen LogP contribution < -0.4 is 11.1 Å². The van der Waals surface area contributed by atoms with Gasteiger partial charge < -0.3 is 20.7 Å². The van der Waals surface area contributed by atoms with Crippen molar-refractivity contribution in [2.75, 3.05) is 6.54 Å². The number of primary amides is 1. The number of carbonyl (C=O) groups excluding carboxylic acids is 3. The summed E-state index contributed by atoms with van der Waals surface area (Å²) >= 11 is 5.86. The van der Waals surface area contributed by atoms with E-state index in [1.165, 1.54) is 21.7 Å². The lowest BCUT2D eigenvalue weighted by atomic mass is 10.0. The van der Waals surface area contributed by atoms with Crippen molar-refractivity contribution in [1.82, 2.24) is 20.0 Å². The summed E-state index contributed by atoms with van der Waals surface area (Å²) in [6.07, 6.45) is 1.18. The minimum Gasteiger partial charge on any atom is -0.432 e. The van der Waals surface area contributed by atoms with E-state index in [0.717, 1.165) is 5.56 Å².